The van der Waals surface area contributed by atoms with Crippen LogP contribution in [-0.4, -0.2) is 83.3 Å². The molecule has 3 aliphatic rings. The van der Waals surface area contributed by atoms with Gasteiger partial charge in [0, 0.05) is 56.8 Å². The average molecular weight is 403 g/mol. The fraction of sp³-hybridized carbons (Fsp3) is 0.762. The van der Waals surface area contributed by atoms with Crippen LogP contribution >= 0.6 is 0 Å². The molecule has 0 radical (unpaired) electrons. The van der Waals surface area contributed by atoms with Crippen molar-refractivity contribution < 1.29 is 9.53 Å². The second-order valence-corrected chi connectivity index (χ2v) is 9.77. The van der Waals surface area contributed by atoms with E-state index in [1.165, 1.54) is 0 Å². The van der Waals surface area contributed by atoms with Gasteiger partial charge in [-0.1, -0.05) is 6.92 Å². The summed E-state index contributed by atoms with van der Waals surface area (Å²) in [7, 11) is 0. The van der Waals surface area contributed by atoms with Gasteiger partial charge in [0.2, 0.25) is 0 Å². The number of anilines is 2. The highest BCUT2D eigenvalue weighted by atomic mass is 16.6. The molecule has 0 bridgehead atoms. The highest BCUT2D eigenvalue weighted by Crippen LogP contribution is 2.49. The third-order valence-corrected chi connectivity index (χ3v) is 6.21. The predicted octanol–water partition coefficient (Wildman–Crippen LogP) is 2.43. The van der Waals surface area contributed by atoms with Crippen LogP contribution in [0.2, 0.25) is 0 Å². The molecule has 1 spiro atoms. The fourth-order valence-corrected chi connectivity index (χ4v) is 4.67. The molecule has 0 unspecified atom stereocenters. The van der Waals surface area contributed by atoms with Crippen molar-refractivity contribution >= 4 is 17.7 Å². The number of rotatable bonds is 4. The third-order valence-electron chi connectivity index (χ3n) is 6.21. The summed E-state index contributed by atoms with van der Waals surface area (Å²) in [6, 6.07) is 2.48. The minimum Gasteiger partial charge on any atom is -0.444 e. The van der Waals surface area contributed by atoms with Crippen molar-refractivity contribution in [2.75, 3.05) is 56.0 Å². The number of likely N-dealkylation sites (N-methyl/N-ethyl adjacent to an activating group) is 1. The molecule has 8 nitrogen and oxygen atoms in total. The minimum atomic E-state index is -0.433. The molecule has 3 heterocycles. The monoisotopic (exact) mass is 402 g/mol. The Hall–Kier alpha value is -2.09. The van der Waals surface area contributed by atoms with Gasteiger partial charge in [0.05, 0.1) is 0 Å². The zero-order valence-corrected chi connectivity index (χ0v) is 18.1. The number of ether oxygens (including phenoxy) is 1. The topological polar surface area (TPSA) is 73.8 Å². The van der Waals surface area contributed by atoms with Crippen LogP contribution < -0.4 is 10.2 Å². The maximum absolute atomic E-state index is 12.1. The molecule has 4 rings (SSSR count). The Morgan fingerprint density at radius 1 is 1.21 bits per heavy atom. The van der Waals surface area contributed by atoms with Crippen molar-refractivity contribution in [2.24, 2.45) is 5.41 Å². The summed E-state index contributed by atoms with van der Waals surface area (Å²) in [5.41, 5.74) is -0.168. The molecule has 1 aromatic heterocycles. The van der Waals surface area contributed by atoms with E-state index in [1.807, 2.05) is 25.7 Å². The van der Waals surface area contributed by atoms with Crippen LogP contribution in [0, 0.1) is 5.41 Å². The largest absolute Gasteiger partial charge is 0.444 e. The molecule has 1 amide bonds. The Morgan fingerprint density at radius 2 is 1.90 bits per heavy atom. The van der Waals surface area contributed by atoms with E-state index in [4.69, 9.17) is 4.74 Å². The maximum atomic E-state index is 12.1. The zero-order chi connectivity index (χ0) is 20.6. The maximum Gasteiger partial charge on any atom is 0.410 e. The first-order chi connectivity index (χ1) is 13.8. The molecule has 0 atom stereocenters. The normalized spacial score (nSPS) is 22.2. The van der Waals surface area contributed by atoms with E-state index in [2.05, 4.69) is 38.1 Å². The summed E-state index contributed by atoms with van der Waals surface area (Å²) in [5.74, 6) is 1.91. The molecule has 1 N–H and O–H groups in total. The van der Waals surface area contributed by atoms with Gasteiger partial charge in [0.1, 0.15) is 23.6 Å². The molecule has 3 fully saturated rings. The van der Waals surface area contributed by atoms with E-state index in [-0.39, 0.29) is 11.5 Å². The lowest BCUT2D eigenvalue weighted by Crippen LogP contribution is -2.66. The zero-order valence-electron chi connectivity index (χ0n) is 18.1. The summed E-state index contributed by atoms with van der Waals surface area (Å²) in [5, 5.41) is 3.56. The SMILES string of the molecule is CCN1CCN(c2cc(NC3CC4(C3)CN(C(=O)OC(C)(C)C)C4)ncn2)CC1. The number of piperazine rings is 1. The summed E-state index contributed by atoms with van der Waals surface area (Å²) in [6.07, 6.45) is 3.61. The fourth-order valence-electron chi connectivity index (χ4n) is 4.67. The van der Waals surface area contributed by atoms with Crippen molar-refractivity contribution in [3.05, 3.63) is 12.4 Å². The Kier molecular flexibility index (Phi) is 5.31. The van der Waals surface area contributed by atoms with Gasteiger partial charge in [0.25, 0.3) is 0 Å². The molecule has 160 valence electrons. The molecule has 8 heteroatoms. The van der Waals surface area contributed by atoms with Crippen molar-refractivity contribution in [1.29, 1.82) is 0 Å². The van der Waals surface area contributed by atoms with Crippen LogP contribution in [0.1, 0.15) is 40.5 Å². The Morgan fingerprint density at radius 3 is 2.52 bits per heavy atom. The highest BCUT2D eigenvalue weighted by molar-refractivity contribution is 5.69. The van der Waals surface area contributed by atoms with E-state index >= 15 is 0 Å². The van der Waals surface area contributed by atoms with Gasteiger partial charge < -0.3 is 24.8 Å². The van der Waals surface area contributed by atoms with Crippen LogP contribution in [0.4, 0.5) is 16.4 Å². The number of hydrogen-bond donors (Lipinski definition) is 1. The van der Waals surface area contributed by atoms with E-state index in [1.54, 1.807) is 6.33 Å². The summed E-state index contributed by atoms with van der Waals surface area (Å²) >= 11 is 0. The molecule has 1 aliphatic carbocycles. The number of likely N-dealkylation sites (tertiary alicyclic amines) is 1. The predicted molar refractivity (Wildman–Crippen MR) is 113 cm³/mol. The lowest BCUT2D eigenvalue weighted by molar-refractivity contribution is -0.0739. The number of nitrogens with one attached hydrogen (secondary N) is 1. The number of hydrogen-bond acceptors (Lipinski definition) is 7. The van der Waals surface area contributed by atoms with E-state index < -0.39 is 5.60 Å². The average Bonchev–Trinajstić information content (AvgIpc) is 2.61. The Bertz CT molecular complexity index is 727. The van der Waals surface area contributed by atoms with E-state index in [0.29, 0.717) is 6.04 Å². The first-order valence-electron chi connectivity index (χ1n) is 10.8. The van der Waals surface area contributed by atoms with Crippen LogP contribution in [0.5, 0.6) is 0 Å². The van der Waals surface area contributed by atoms with Crippen LogP contribution in [-0.2, 0) is 4.74 Å². The molecule has 2 saturated heterocycles. The number of carbonyl (C=O) groups excluding carboxylic acids is 1. The van der Waals surface area contributed by atoms with Gasteiger partial charge in [0.15, 0.2) is 0 Å². The number of amides is 1. The molecule has 29 heavy (non-hydrogen) atoms. The van der Waals surface area contributed by atoms with Gasteiger partial charge >= 0.3 is 6.09 Å². The van der Waals surface area contributed by atoms with Gasteiger partial charge in [-0.2, -0.15) is 0 Å². The smallest absolute Gasteiger partial charge is 0.410 e. The quantitative estimate of drug-likeness (QED) is 0.829. The van der Waals surface area contributed by atoms with Gasteiger partial charge in [-0.25, -0.2) is 14.8 Å². The molecule has 1 aromatic rings. The van der Waals surface area contributed by atoms with Gasteiger partial charge in [-0.15, -0.1) is 0 Å². The van der Waals surface area contributed by atoms with E-state index in [0.717, 1.165) is 70.3 Å². The number of carbonyl (C=O) groups is 1. The molecular formula is C21H34N6O2. The van der Waals surface area contributed by atoms with E-state index in [9.17, 15) is 4.79 Å². The standard InChI is InChI=1S/C21H34N6O2/c1-5-25-6-8-26(9-7-25)18-10-17(22-15-23-18)24-16-11-21(12-16)13-27(14-21)19(28)29-20(2,3)4/h10,15-16H,5-9,11-14H2,1-4H3,(H,22,23,24). The number of aromatic nitrogens is 2. The van der Waals surface area contributed by atoms with Crippen LogP contribution in [0.25, 0.3) is 0 Å². The number of nitrogens with zero attached hydrogens (tertiary/aromatic N) is 5. The summed E-state index contributed by atoms with van der Waals surface area (Å²) in [6.45, 7) is 14.8. The first-order valence-corrected chi connectivity index (χ1v) is 10.8. The minimum absolute atomic E-state index is 0.192. The lowest BCUT2D eigenvalue weighted by Gasteiger charge is -2.58. The highest BCUT2D eigenvalue weighted by Gasteiger charge is 2.54. The third kappa shape index (κ3) is 4.57. The van der Waals surface area contributed by atoms with Crippen LogP contribution in [0.3, 0.4) is 0 Å². The molecule has 0 aromatic carbocycles. The van der Waals surface area contributed by atoms with Gasteiger partial charge in [-0.05, 0) is 40.2 Å². The molecule has 1 saturated carbocycles. The second kappa shape index (κ2) is 7.63. The van der Waals surface area contributed by atoms with Crippen molar-refractivity contribution in [3.8, 4) is 0 Å². The lowest BCUT2D eigenvalue weighted by atomic mass is 9.61. The van der Waals surface area contributed by atoms with Gasteiger partial charge in [-0.3, -0.25) is 0 Å². The Labute approximate surface area is 173 Å². The summed E-state index contributed by atoms with van der Waals surface area (Å²) < 4.78 is 5.46. The van der Waals surface area contributed by atoms with Crippen molar-refractivity contribution in [1.82, 2.24) is 19.8 Å². The second-order valence-electron chi connectivity index (χ2n) is 9.77. The van der Waals surface area contributed by atoms with Crippen LogP contribution in [0.15, 0.2) is 12.4 Å². The first kappa shape index (κ1) is 20.2. The molecular weight excluding hydrogens is 368 g/mol. The van der Waals surface area contributed by atoms with Crippen molar-refractivity contribution in [2.45, 2.75) is 52.2 Å². The Balaban J connectivity index is 1.24. The van der Waals surface area contributed by atoms with Crippen molar-refractivity contribution in [3.63, 3.8) is 0 Å². The summed E-state index contributed by atoms with van der Waals surface area (Å²) in [4.78, 5) is 27.6. The molecule has 2 aliphatic heterocycles.